The third-order valence-corrected chi connectivity index (χ3v) is 2.64. The van der Waals surface area contributed by atoms with Gasteiger partial charge < -0.3 is 14.2 Å². The molecule has 0 aliphatic heterocycles. The Kier molecular flexibility index (Phi) is 8.64. The van der Waals surface area contributed by atoms with Gasteiger partial charge in [-0.25, -0.2) is 17.2 Å². The molecule has 5 nitrogen and oxygen atoms in total. The summed E-state index contributed by atoms with van der Waals surface area (Å²) in [6.45, 7) is 6.37. The van der Waals surface area contributed by atoms with Gasteiger partial charge in [0.1, 0.15) is 0 Å². The van der Waals surface area contributed by atoms with Crippen molar-refractivity contribution in [3.05, 3.63) is 36.2 Å². The number of anilines is 1. The van der Waals surface area contributed by atoms with Crippen molar-refractivity contribution < 1.29 is 46.3 Å². The number of nitrogens with zero attached hydrogens (tertiary/aromatic N) is 1. The minimum atomic E-state index is -2.28. The van der Waals surface area contributed by atoms with Gasteiger partial charge in [0.15, 0.2) is 0 Å². The number of benzene rings is 1. The average molecular weight is 342 g/mol. The van der Waals surface area contributed by atoms with E-state index >= 15 is 0 Å². The van der Waals surface area contributed by atoms with Gasteiger partial charge in [0.05, 0.1) is 6.41 Å². The summed E-state index contributed by atoms with van der Waals surface area (Å²) in [6.07, 6.45) is 1.81. The molecule has 0 saturated carbocycles. The van der Waals surface area contributed by atoms with Crippen LogP contribution in [0.5, 0.6) is 0 Å². The molecule has 0 spiro atoms. The van der Waals surface area contributed by atoms with Gasteiger partial charge in [-0.15, -0.1) is 11.8 Å². The Morgan fingerprint density at radius 2 is 2.22 bits per heavy atom. The summed E-state index contributed by atoms with van der Waals surface area (Å²) in [6, 6.07) is 5.19. The molecule has 0 aromatic heterocycles. The second-order valence-corrected chi connectivity index (χ2v) is 4.11. The van der Waals surface area contributed by atoms with Crippen molar-refractivity contribution in [2.75, 3.05) is 11.4 Å². The third kappa shape index (κ3) is 5.16. The fraction of sp³-hybridized carbons (Fsp3) is 0.273. The fourth-order valence-corrected chi connectivity index (χ4v) is 1.72. The van der Waals surface area contributed by atoms with Crippen LogP contribution in [0.25, 0.3) is 0 Å². The van der Waals surface area contributed by atoms with E-state index in [0.29, 0.717) is 17.8 Å². The number of rotatable bonds is 6. The summed E-state index contributed by atoms with van der Waals surface area (Å²) in [5.41, 5.74) is 2.12. The summed E-state index contributed by atoms with van der Waals surface area (Å²) in [7, 11) is 0. The molecular weight excluding hydrogens is 329 g/mol. The standard InChI is InChI=1S/C11H14N2O3S.Y/c1-3-13(8-14)11-5-4-10(6-9(11)2)7-12-17(15)16;/h4-6,12H,2-3,7H2,1H3,(H,15,16);/q-2;/p-1. The molecular formula is C11H13N2O3SY-3. The molecule has 1 amide bonds. The van der Waals surface area contributed by atoms with Gasteiger partial charge >= 0.3 is 0 Å². The second kappa shape index (κ2) is 8.77. The molecule has 1 atom stereocenters. The Hall–Kier alpha value is -0.266. The van der Waals surface area contributed by atoms with E-state index in [1.807, 2.05) is 13.3 Å². The minimum Gasteiger partial charge on any atom is -0.760 e. The van der Waals surface area contributed by atoms with Gasteiger partial charge in [-0.3, -0.25) is 4.21 Å². The average Bonchev–Trinajstić information content (AvgIpc) is 2.30. The molecule has 0 aliphatic carbocycles. The topological polar surface area (TPSA) is 72.5 Å². The van der Waals surface area contributed by atoms with E-state index < -0.39 is 11.3 Å². The summed E-state index contributed by atoms with van der Waals surface area (Å²) in [5, 5.41) is 0. The monoisotopic (exact) mass is 342 g/mol. The molecule has 0 bridgehead atoms. The molecule has 0 saturated heterocycles. The van der Waals surface area contributed by atoms with E-state index in [9.17, 15) is 13.6 Å². The normalized spacial score (nSPS) is 11.4. The van der Waals surface area contributed by atoms with Crippen LogP contribution in [-0.4, -0.2) is 21.7 Å². The largest absolute Gasteiger partial charge is 0.760 e. The Balaban J connectivity index is 0.00000289. The number of carbonyl (C=O) groups excluding carboxylic acids is 1. The van der Waals surface area contributed by atoms with Gasteiger partial charge in [0, 0.05) is 50.5 Å². The predicted octanol–water partition coefficient (Wildman–Crippen LogP) is 0.643. The summed E-state index contributed by atoms with van der Waals surface area (Å²) < 4.78 is 22.9. The van der Waals surface area contributed by atoms with Crippen molar-refractivity contribution in [2.45, 2.75) is 13.5 Å². The third-order valence-electron chi connectivity index (χ3n) is 2.26. The van der Waals surface area contributed by atoms with Crippen LogP contribution in [0.3, 0.4) is 0 Å². The Morgan fingerprint density at radius 3 is 2.67 bits per heavy atom. The van der Waals surface area contributed by atoms with Crippen molar-refractivity contribution in [3.63, 3.8) is 0 Å². The van der Waals surface area contributed by atoms with Crippen molar-refractivity contribution in [1.82, 2.24) is 4.72 Å². The van der Waals surface area contributed by atoms with Crippen molar-refractivity contribution in [1.29, 1.82) is 0 Å². The maximum absolute atomic E-state index is 10.7. The van der Waals surface area contributed by atoms with Crippen LogP contribution >= 0.6 is 0 Å². The predicted molar refractivity (Wildman–Crippen MR) is 65.4 cm³/mol. The van der Waals surface area contributed by atoms with Crippen molar-refractivity contribution >= 4 is 23.4 Å². The quantitative estimate of drug-likeness (QED) is 0.469. The molecule has 0 heterocycles. The molecule has 1 rings (SSSR count). The van der Waals surface area contributed by atoms with Crippen LogP contribution in [0, 0.1) is 6.92 Å². The van der Waals surface area contributed by atoms with Crippen LogP contribution in [-0.2, 0) is 55.3 Å². The van der Waals surface area contributed by atoms with E-state index in [1.54, 1.807) is 18.2 Å². The van der Waals surface area contributed by atoms with E-state index in [1.165, 1.54) is 4.90 Å². The molecule has 1 unspecified atom stereocenters. The van der Waals surface area contributed by atoms with Gasteiger partial charge in [0.2, 0.25) is 0 Å². The Labute approximate surface area is 135 Å². The van der Waals surface area contributed by atoms with Gasteiger partial charge in [0.25, 0.3) is 0 Å². The Bertz CT molecular complexity index is 429. The summed E-state index contributed by atoms with van der Waals surface area (Å²) in [5.74, 6) is 0. The first kappa shape index (κ1) is 17.7. The van der Waals surface area contributed by atoms with Crippen LogP contribution in [0.2, 0.25) is 0 Å². The van der Waals surface area contributed by atoms with Gasteiger partial charge in [-0.05, 0) is 13.5 Å². The van der Waals surface area contributed by atoms with E-state index in [-0.39, 0.29) is 39.3 Å². The van der Waals surface area contributed by atoms with Crippen molar-refractivity contribution in [2.24, 2.45) is 0 Å². The molecule has 7 heteroatoms. The molecule has 1 N–H and O–H groups in total. The van der Waals surface area contributed by atoms with E-state index in [0.717, 1.165) is 5.56 Å². The first-order chi connectivity index (χ1) is 8.08. The first-order valence-electron chi connectivity index (χ1n) is 5.01. The zero-order chi connectivity index (χ0) is 12.8. The van der Waals surface area contributed by atoms with E-state index in [4.69, 9.17) is 0 Å². The van der Waals surface area contributed by atoms with Gasteiger partial charge in [-0.1, -0.05) is 11.6 Å². The molecule has 0 fully saturated rings. The summed E-state index contributed by atoms with van der Waals surface area (Å²) >= 11 is -2.28. The second-order valence-electron chi connectivity index (χ2n) is 3.35. The Morgan fingerprint density at radius 1 is 1.56 bits per heavy atom. The zero-order valence-corrected chi connectivity index (χ0v) is 13.7. The fourth-order valence-electron chi connectivity index (χ4n) is 1.44. The molecule has 1 radical (unpaired) electrons. The number of hydrogen-bond acceptors (Lipinski definition) is 3. The van der Waals surface area contributed by atoms with Crippen LogP contribution in [0.15, 0.2) is 18.2 Å². The number of hydrogen-bond donors (Lipinski definition) is 1. The maximum Gasteiger partial charge on any atom is 0.0719 e. The smallest absolute Gasteiger partial charge is 0.0719 e. The van der Waals surface area contributed by atoms with Crippen molar-refractivity contribution in [3.8, 4) is 0 Å². The first-order valence-corrected chi connectivity index (χ1v) is 6.09. The molecule has 18 heavy (non-hydrogen) atoms. The summed E-state index contributed by atoms with van der Waals surface area (Å²) in [4.78, 5) is 12.1. The SMILES string of the molecule is [CH2-]c1cc(CNS(=O)[O-])ccc1N([C-]=O)CC.[Y]. The molecule has 97 valence electrons. The minimum absolute atomic E-state index is 0. The van der Waals surface area contributed by atoms with Gasteiger partial charge in [-0.2, -0.15) is 6.07 Å². The van der Waals surface area contributed by atoms with Crippen LogP contribution in [0.1, 0.15) is 18.1 Å². The molecule has 0 aliphatic rings. The molecule has 1 aromatic rings. The van der Waals surface area contributed by atoms with Crippen LogP contribution in [0.4, 0.5) is 5.69 Å². The maximum atomic E-state index is 10.7. The van der Waals surface area contributed by atoms with E-state index in [2.05, 4.69) is 11.6 Å². The number of nitrogens with one attached hydrogen (secondary N) is 1. The zero-order valence-electron chi connectivity index (χ0n) is 10.0. The van der Waals surface area contributed by atoms with Crippen LogP contribution < -0.4 is 9.62 Å². The number of amides is 1. The molecule has 1 aromatic carbocycles.